The van der Waals surface area contributed by atoms with Crippen LogP contribution in [-0.2, 0) is 0 Å². The van der Waals surface area contributed by atoms with E-state index in [2.05, 4.69) is 24.1 Å². The fourth-order valence-corrected chi connectivity index (χ4v) is 2.42. The maximum Gasteiger partial charge on any atom is 0.251 e. The largest absolute Gasteiger partial charge is 0.365 e. The first-order valence-electron chi connectivity index (χ1n) is 6.25. The molecule has 0 bridgehead atoms. The maximum absolute atomic E-state index is 13.4. The van der Waals surface area contributed by atoms with E-state index in [1.165, 1.54) is 0 Å². The Kier molecular flexibility index (Phi) is 3.78. The molecule has 0 aromatic carbocycles. The summed E-state index contributed by atoms with van der Waals surface area (Å²) < 4.78 is 39.1. The van der Waals surface area contributed by atoms with E-state index < -0.39 is 17.6 Å². The molecule has 0 amide bonds. The van der Waals surface area contributed by atoms with Crippen molar-refractivity contribution >= 4 is 5.82 Å². The van der Waals surface area contributed by atoms with Crippen LogP contribution in [0.1, 0.15) is 33.1 Å². The van der Waals surface area contributed by atoms with E-state index in [1.54, 1.807) is 0 Å². The molecule has 1 aliphatic rings. The van der Waals surface area contributed by atoms with E-state index in [0.29, 0.717) is 17.9 Å². The number of anilines is 1. The predicted molar refractivity (Wildman–Crippen MR) is 63.7 cm³/mol. The summed E-state index contributed by atoms with van der Waals surface area (Å²) in [5, 5.41) is 2.88. The Morgan fingerprint density at radius 2 is 1.83 bits per heavy atom. The number of hydrogen-bond donors (Lipinski definition) is 1. The summed E-state index contributed by atoms with van der Waals surface area (Å²) in [4.78, 5) is 3.28. The Balaban J connectivity index is 2.08. The zero-order valence-electron chi connectivity index (χ0n) is 10.5. The van der Waals surface area contributed by atoms with Gasteiger partial charge in [-0.2, -0.15) is 9.37 Å². The molecule has 1 aliphatic carbocycles. The molecule has 2 nitrogen and oxygen atoms in total. The van der Waals surface area contributed by atoms with Gasteiger partial charge in [0.05, 0.1) is 0 Å². The van der Waals surface area contributed by atoms with Crippen LogP contribution in [0.25, 0.3) is 0 Å². The van der Waals surface area contributed by atoms with Crippen molar-refractivity contribution in [3.63, 3.8) is 0 Å². The van der Waals surface area contributed by atoms with Gasteiger partial charge in [0, 0.05) is 12.1 Å². The second-order valence-corrected chi connectivity index (χ2v) is 5.20. The monoisotopic (exact) mass is 258 g/mol. The summed E-state index contributed by atoms with van der Waals surface area (Å²) in [6.07, 6.45) is 2.83. The van der Waals surface area contributed by atoms with Gasteiger partial charge in [0.2, 0.25) is 0 Å². The molecular formula is C13H17F3N2. The van der Waals surface area contributed by atoms with Gasteiger partial charge in [-0.25, -0.2) is 8.78 Å². The van der Waals surface area contributed by atoms with Gasteiger partial charge in [-0.1, -0.05) is 13.8 Å². The first-order chi connectivity index (χ1) is 8.47. The van der Waals surface area contributed by atoms with Crippen LogP contribution >= 0.6 is 0 Å². The van der Waals surface area contributed by atoms with Gasteiger partial charge in [0.1, 0.15) is 0 Å². The molecule has 1 heterocycles. The Labute approximate surface area is 105 Å². The number of rotatable bonds is 2. The molecule has 3 atom stereocenters. The molecule has 18 heavy (non-hydrogen) atoms. The average molecular weight is 258 g/mol. The summed E-state index contributed by atoms with van der Waals surface area (Å²) >= 11 is 0. The fraction of sp³-hybridized carbons (Fsp3) is 0.615. The minimum Gasteiger partial charge on any atom is -0.365 e. The average Bonchev–Trinajstić information content (AvgIpc) is 2.31. The van der Waals surface area contributed by atoms with Gasteiger partial charge in [0.25, 0.3) is 5.95 Å². The first kappa shape index (κ1) is 13.2. The number of nitrogens with zero attached hydrogens (tertiary/aromatic N) is 1. The number of halogens is 3. The maximum atomic E-state index is 13.4. The first-order valence-corrected chi connectivity index (χ1v) is 6.25. The predicted octanol–water partition coefficient (Wildman–Crippen LogP) is 3.74. The van der Waals surface area contributed by atoms with Crippen molar-refractivity contribution in [3.8, 4) is 0 Å². The lowest BCUT2D eigenvalue weighted by Crippen LogP contribution is -2.31. The number of pyridine rings is 1. The van der Waals surface area contributed by atoms with Crippen molar-refractivity contribution in [2.75, 3.05) is 5.32 Å². The van der Waals surface area contributed by atoms with Crippen molar-refractivity contribution in [1.29, 1.82) is 0 Å². The molecule has 1 saturated carbocycles. The molecule has 1 aromatic heterocycles. The molecule has 100 valence electrons. The van der Waals surface area contributed by atoms with Gasteiger partial charge in [-0.3, -0.25) is 0 Å². The Morgan fingerprint density at radius 3 is 2.50 bits per heavy atom. The second-order valence-electron chi connectivity index (χ2n) is 5.20. The molecule has 3 unspecified atom stereocenters. The van der Waals surface area contributed by atoms with Crippen LogP contribution in [0.2, 0.25) is 0 Å². The van der Waals surface area contributed by atoms with Crippen LogP contribution < -0.4 is 5.32 Å². The highest BCUT2D eigenvalue weighted by Crippen LogP contribution is 2.31. The Hall–Kier alpha value is -1.26. The molecular weight excluding hydrogens is 241 g/mol. The van der Waals surface area contributed by atoms with Crippen LogP contribution in [0, 0.1) is 29.4 Å². The Morgan fingerprint density at radius 1 is 1.11 bits per heavy atom. The van der Waals surface area contributed by atoms with Gasteiger partial charge in [-0.05, 0) is 31.1 Å². The summed E-state index contributed by atoms with van der Waals surface area (Å²) in [7, 11) is 0. The zero-order valence-corrected chi connectivity index (χ0v) is 10.5. The van der Waals surface area contributed by atoms with E-state index in [0.717, 1.165) is 19.3 Å². The quantitative estimate of drug-likeness (QED) is 0.817. The molecule has 0 radical (unpaired) electrons. The summed E-state index contributed by atoms with van der Waals surface area (Å²) in [5.74, 6) is -2.39. The molecule has 0 spiro atoms. The summed E-state index contributed by atoms with van der Waals surface area (Å²) in [6, 6.07) is 0.600. The lowest BCUT2D eigenvalue weighted by Gasteiger charge is -2.32. The molecule has 0 saturated heterocycles. The third-order valence-corrected chi connectivity index (χ3v) is 3.83. The molecule has 0 aliphatic heterocycles. The lowest BCUT2D eigenvalue weighted by atomic mass is 9.79. The van der Waals surface area contributed by atoms with Gasteiger partial charge < -0.3 is 5.32 Å². The van der Waals surface area contributed by atoms with E-state index in [9.17, 15) is 13.2 Å². The Bertz CT molecular complexity index is 436. The van der Waals surface area contributed by atoms with E-state index in [1.807, 2.05) is 0 Å². The summed E-state index contributed by atoms with van der Waals surface area (Å²) in [5.41, 5.74) is 0. The molecule has 5 heteroatoms. The second kappa shape index (κ2) is 5.16. The van der Waals surface area contributed by atoms with E-state index >= 15 is 0 Å². The van der Waals surface area contributed by atoms with Crippen molar-refractivity contribution in [2.24, 2.45) is 11.8 Å². The third-order valence-electron chi connectivity index (χ3n) is 3.83. The number of hydrogen-bond acceptors (Lipinski definition) is 2. The molecule has 1 fully saturated rings. The van der Waals surface area contributed by atoms with Gasteiger partial charge in [-0.15, -0.1) is 0 Å². The molecule has 2 rings (SSSR count). The highest BCUT2D eigenvalue weighted by molar-refractivity contribution is 5.37. The van der Waals surface area contributed by atoms with E-state index in [4.69, 9.17) is 0 Å². The number of aromatic nitrogens is 1. The zero-order chi connectivity index (χ0) is 13.3. The van der Waals surface area contributed by atoms with Crippen LogP contribution in [0.4, 0.5) is 19.0 Å². The number of nitrogens with one attached hydrogen (secondary N) is 1. The van der Waals surface area contributed by atoms with E-state index in [-0.39, 0.29) is 11.9 Å². The molecule has 1 N–H and O–H groups in total. The van der Waals surface area contributed by atoms with Crippen LogP contribution in [0.3, 0.4) is 0 Å². The standard InChI is InChI=1S/C13H17F3N2/c1-7-3-4-9(5-8(7)2)17-13-11(15)6-10(14)12(16)18-13/h6-9H,3-5H2,1-2H3,(H,17,18). The topological polar surface area (TPSA) is 24.9 Å². The SMILES string of the molecule is CC1CCC(Nc2nc(F)c(F)cc2F)CC1C. The van der Waals surface area contributed by atoms with Gasteiger partial charge in [0.15, 0.2) is 17.5 Å². The minimum absolute atomic E-state index is 0.0723. The highest BCUT2D eigenvalue weighted by Gasteiger charge is 2.25. The smallest absolute Gasteiger partial charge is 0.251 e. The fourth-order valence-electron chi connectivity index (χ4n) is 2.42. The highest BCUT2D eigenvalue weighted by atomic mass is 19.2. The third kappa shape index (κ3) is 2.76. The van der Waals surface area contributed by atoms with Crippen LogP contribution in [0.5, 0.6) is 0 Å². The van der Waals surface area contributed by atoms with Crippen molar-refractivity contribution in [2.45, 2.75) is 39.2 Å². The van der Waals surface area contributed by atoms with Gasteiger partial charge >= 0.3 is 0 Å². The summed E-state index contributed by atoms with van der Waals surface area (Å²) in [6.45, 7) is 4.34. The normalized spacial score (nSPS) is 28.2. The van der Waals surface area contributed by atoms with Crippen molar-refractivity contribution in [3.05, 3.63) is 23.6 Å². The molecule has 1 aromatic rings. The van der Waals surface area contributed by atoms with Crippen LogP contribution in [-0.4, -0.2) is 11.0 Å². The van der Waals surface area contributed by atoms with Crippen LogP contribution in [0.15, 0.2) is 6.07 Å². The lowest BCUT2D eigenvalue weighted by molar-refractivity contribution is 0.260. The van der Waals surface area contributed by atoms with Crippen molar-refractivity contribution in [1.82, 2.24) is 4.98 Å². The minimum atomic E-state index is -1.27. The van der Waals surface area contributed by atoms with Crippen molar-refractivity contribution < 1.29 is 13.2 Å².